The molecule has 9 heteroatoms. The summed E-state index contributed by atoms with van der Waals surface area (Å²) in [6.07, 6.45) is -0.896. The van der Waals surface area contributed by atoms with E-state index in [1.807, 2.05) is 0 Å². The number of furan rings is 1. The number of hydrogen-bond acceptors (Lipinski definition) is 7. The molecule has 0 aromatic carbocycles. The lowest BCUT2D eigenvalue weighted by Gasteiger charge is -2.01. The number of carbonyl (C=O) groups is 1. The normalized spacial score (nSPS) is 19.9. The van der Waals surface area contributed by atoms with Crippen LogP contribution in [0.5, 0.6) is 0 Å². The van der Waals surface area contributed by atoms with Crippen molar-refractivity contribution in [2.45, 2.75) is 6.29 Å². The van der Waals surface area contributed by atoms with Gasteiger partial charge in [0.15, 0.2) is 5.76 Å². The third kappa shape index (κ3) is 2.39. The van der Waals surface area contributed by atoms with Gasteiger partial charge in [-0.1, -0.05) is 0 Å². The third-order valence-corrected chi connectivity index (χ3v) is 1.89. The minimum absolute atomic E-state index is 0.0991. The molecular formula is C8H7N3O6. The van der Waals surface area contributed by atoms with Crippen LogP contribution in [-0.4, -0.2) is 40.2 Å². The van der Waals surface area contributed by atoms with E-state index in [1.54, 1.807) is 0 Å². The van der Waals surface area contributed by atoms with Crippen molar-refractivity contribution < 1.29 is 24.0 Å². The number of β-amino-alcohol motifs (C(OH)–C–C–N with tert-alkyl or cyclic N) is 1. The fraction of sp³-hybridized carbons (Fsp3) is 0.250. The van der Waals surface area contributed by atoms with Crippen LogP contribution in [0.3, 0.4) is 0 Å². The van der Waals surface area contributed by atoms with Crippen LogP contribution in [-0.2, 0) is 4.74 Å². The van der Waals surface area contributed by atoms with Crippen LogP contribution in [0.1, 0.15) is 5.76 Å². The summed E-state index contributed by atoms with van der Waals surface area (Å²) in [6.45, 7) is -0.0991. The fourth-order valence-electron chi connectivity index (χ4n) is 1.17. The number of rotatable bonds is 3. The lowest BCUT2D eigenvalue weighted by Crippen LogP contribution is -2.18. The first-order valence-corrected chi connectivity index (χ1v) is 4.50. The number of carbonyl (C=O) groups excluding carboxylic acids is 1. The molecule has 0 saturated carbocycles. The van der Waals surface area contributed by atoms with E-state index in [2.05, 4.69) is 9.84 Å². The summed E-state index contributed by atoms with van der Waals surface area (Å²) >= 11 is 0. The van der Waals surface area contributed by atoms with Gasteiger partial charge in [0.25, 0.3) is 0 Å². The van der Waals surface area contributed by atoms with Crippen molar-refractivity contribution >= 4 is 18.2 Å². The van der Waals surface area contributed by atoms with Gasteiger partial charge in [-0.3, -0.25) is 10.1 Å². The average Bonchev–Trinajstić information content (AvgIpc) is 2.82. The number of aliphatic hydroxyl groups is 1. The lowest BCUT2D eigenvalue weighted by molar-refractivity contribution is -0.402. The monoisotopic (exact) mass is 241 g/mol. The Bertz CT molecular complexity index is 481. The van der Waals surface area contributed by atoms with Crippen LogP contribution in [0, 0.1) is 10.1 Å². The van der Waals surface area contributed by atoms with E-state index in [0.29, 0.717) is 0 Å². The summed E-state index contributed by atoms with van der Waals surface area (Å²) in [5, 5.41) is 23.8. The molecule has 1 saturated heterocycles. The molecule has 1 fully saturated rings. The van der Waals surface area contributed by atoms with Gasteiger partial charge in [0.2, 0.25) is 6.29 Å². The quantitative estimate of drug-likeness (QED) is 0.461. The number of nitrogens with zero attached hydrogens (tertiary/aromatic N) is 3. The maximum atomic E-state index is 11.0. The van der Waals surface area contributed by atoms with Crippen LogP contribution in [0.4, 0.5) is 10.7 Å². The van der Waals surface area contributed by atoms with Gasteiger partial charge < -0.3 is 14.3 Å². The Morgan fingerprint density at radius 2 is 2.41 bits per heavy atom. The first-order chi connectivity index (χ1) is 8.06. The standard InChI is InChI=1S/C8H7N3O6/c12-7-4-10(8(13)17-7)9-3-5-1-2-6(16-5)11(14)15/h1-3,7,12H,4H2/b9-3+. The van der Waals surface area contributed by atoms with E-state index in [0.717, 1.165) is 11.2 Å². The molecule has 1 N–H and O–H groups in total. The van der Waals surface area contributed by atoms with Crippen LogP contribution in [0.25, 0.3) is 0 Å². The second kappa shape index (κ2) is 4.22. The number of nitro groups is 1. The number of cyclic esters (lactones) is 1. The van der Waals surface area contributed by atoms with Crippen LogP contribution in [0.2, 0.25) is 0 Å². The first kappa shape index (κ1) is 11.1. The Balaban J connectivity index is 2.05. The number of amides is 1. The van der Waals surface area contributed by atoms with Crippen molar-refractivity contribution in [2.75, 3.05) is 6.54 Å². The van der Waals surface area contributed by atoms with Crippen LogP contribution < -0.4 is 0 Å². The molecule has 1 aromatic heterocycles. The van der Waals surface area contributed by atoms with E-state index < -0.39 is 23.2 Å². The molecule has 1 unspecified atom stereocenters. The van der Waals surface area contributed by atoms with Gasteiger partial charge in [0.1, 0.15) is 11.5 Å². The van der Waals surface area contributed by atoms with Crippen molar-refractivity contribution in [1.82, 2.24) is 5.01 Å². The molecule has 2 heterocycles. The average molecular weight is 241 g/mol. The third-order valence-electron chi connectivity index (χ3n) is 1.89. The van der Waals surface area contributed by atoms with Crippen molar-refractivity contribution in [2.24, 2.45) is 5.10 Å². The molecule has 17 heavy (non-hydrogen) atoms. The summed E-state index contributed by atoms with van der Waals surface area (Å²) in [4.78, 5) is 20.6. The molecule has 1 aliphatic heterocycles. The Morgan fingerprint density at radius 1 is 1.65 bits per heavy atom. The molecule has 90 valence electrons. The Kier molecular flexibility index (Phi) is 2.75. The highest BCUT2D eigenvalue weighted by Crippen LogP contribution is 2.15. The van der Waals surface area contributed by atoms with Crippen LogP contribution >= 0.6 is 0 Å². The van der Waals surface area contributed by atoms with Gasteiger partial charge in [-0.15, -0.1) is 0 Å². The zero-order chi connectivity index (χ0) is 12.4. The van der Waals surface area contributed by atoms with E-state index in [1.165, 1.54) is 12.1 Å². The SMILES string of the molecule is O=C1OC(O)CN1/N=C/c1ccc([N+](=O)[O-])o1. The van der Waals surface area contributed by atoms with E-state index in [4.69, 9.17) is 9.52 Å². The zero-order valence-corrected chi connectivity index (χ0v) is 8.35. The van der Waals surface area contributed by atoms with Gasteiger partial charge in [0, 0.05) is 0 Å². The van der Waals surface area contributed by atoms with E-state index >= 15 is 0 Å². The number of aliphatic hydroxyl groups excluding tert-OH is 1. The minimum Gasteiger partial charge on any atom is -0.416 e. The molecule has 0 bridgehead atoms. The van der Waals surface area contributed by atoms with E-state index in [-0.39, 0.29) is 12.3 Å². The number of hydrogen-bond donors (Lipinski definition) is 1. The highest BCUT2D eigenvalue weighted by atomic mass is 16.7. The molecule has 0 aliphatic carbocycles. The van der Waals surface area contributed by atoms with Crippen molar-refractivity contribution in [3.63, 3.8) is 0 Å². The second-order valence-electron chi connectivity index (χ2n) is 3.10. The van der Waals surface area contributed by atoms with Gasteiger partial charge in [-0.05, 0) is 6.07 Å². The Hall–Kier alpha value is -2.42. The summed E-state index contributed by atoms with van der Waals surface area (Å²) in [7, 11) is 0. The van der Waals surface area contributed by atoms with E-state index in [9.17, 15) is 14.9 Å². The largest absolute Gasteiger partial charge is 0.433 e. The van der Waals surface area contributed by atoms with Crippen LogP contribution in [0.15, 0.2) is 21.7 Å². The van der Waals surface area contributed by atoms with Crippen molar-refractivity contribution in [3.05, 3.63) is 28.0 Å². The number of hydrazone groups is 1. The molecule has 0 spiro atoms. The molecule has 9 nitrogen and oxygen atoms in total. The zero-order valence-electron chi connectivity index (χ0n) is 8.35. The highest BCUT2D eigenvalue weighted by Gasteiger charge is 2.29. The maximum Gasteiger partial charge on any atom is 0.433 e. The molecule has 1 aliphatic rings. The van der Waals surface area contributed by atoms with Gasteiger partial charge >= 0.3 is 12.0 Å². The molecule has 1 amide bonds. The first-order valence-electron chi connectivity index (χ1n) is 4.50. The van der Waals surface area contributed by atoms with Crippen molar-refractivity contribution in [1.29, 1.82) is 0 Å². The lowest BCUT2D eigenvalue weighted by atomic mass is 10.5. The predicted octanol–water partition coefficient (Wildman–Crippen LogP) is 0.292. The predicted molar refractivity (Wildman–Crippen MR) is 52.2 cm³/mol. The summed E-state index contributed by atoms with van der Waals surface area (Å²) in [6, 6.07) is 2.50. The van der Waals surface area contributed by atoms with Gasteiger partial charge in [-0.2, -0.15) is 10.1 Å². The molecule has 0 radical (unpaired) electrons. The smallest absolute Gasteiger partial charge is 0.416 e. The minimum atomic E-state index is -1.22. The number of ether oxygens (including phenoxy) is 1. The highest BCUT2D eigenvalue weighted by molar-refractivity contribution is 5.78. The van der Waals surface area contributed by atoms with Gasteiger partial charge in [0.05, 0.1) is 12.3 Å². The molecule has 2 rings (SSSR count). The molecule has 1 aromatic rings. The Morgan fingerprint density at radius 3 is 2.94 bits per heavy atom. The Labute approximate surface area is 94.0 Å². The topological polar surface area (TPSA) is 118 Å². The molecular weight excluding hydrogens is 234 g/mol. The summed E-state index contributed by atoms with van der Waals surface area (Å²) < 4.78 is 9.17. The van der Waals surface area contributed by atoms with Crippen molar-refractivity contribution in [3.8, 4) is 0 Å². The maximum absolute atomic E-state index is 11.0. The summed E-state index contributed by atoms with van der Waals surface area (Å²) in [5.41, 5.74) is 0. The molecule has 1 atom stereocenters. The summed E-state index contributed by atoms with van der Waals surface area (Å²) in [5.74, 6) is -0.304. The second-order valence-corrected chi connectivity index (χ2v) is 3.10. The fourth-order valence-corrected chi connectivity index (χ4v) is 1.17. The van der Waals surface area contributed by atoms with Gasteiger partial charge in [-0.25, -0.2) is 4.79 Å².